The van der Waals surface area contributed by atoms with Gasteiger partial charge in [-0.1, -0.05) is 0 Å². The lowest BCUT2D eigenvalue weighted by Gasteiger charge is -2.09. The third-order valence-corrected chi connectivity index (χ3v) is 3.05. The number of esters is 1. The Morgan fingerprint density at radius 3 is 2.83 bits per heavy atom. The van der Waals surface area contributed by atoms with Crippen LogP contribution in [0.25, 0.3) is 0 Å². The number of hydrogen-bond acceptors (Lipinski definition) is 5. The molecule has 1 aromatic carbocycles. The number of nitrogens with two attached hydrogens (primary N) is 1. The Balaban J connectivity index is 2.74. The fourth-order valence-corrected chi connectivity index (χ4v) is 1.78. The molecule has 1 atom stereocenters. The minimum atomic E-state index is -0.840. The van der Waals surface area contributed by atoms with Crippen molar-refractivity contribution >= 4 is 28.1 Å². The van der Waals surface area contributed by atoms with Gasteiger partial charge in [-0.15, -0.1) is 0 Å². The average Bonchev–Trinajstić information content (AvgIpc) is 2.31. The lowest BCUT2D eigenvalue weighted by Crippen LogP contribution is -2.12. The van der Waals surface area contributed by atoms with E-state index in [9.17, 15) is 9.00 Å². The molecule has 3 N–H and O–H groups in total. The molecule has 1 unspecified atom stereocenters. The van der Waals surface area contributed by atoms with Gasteiger partial charge in [-0.2, -0.15) is 0 Å². The van der Waals surface area contributed by atoms with Gasteiger partial charge in [0.25, 0.3) is 0 Å². The van der Waals surface area contributed by atoms with Gasteiger partial charge in [-0.05, 0) is 25.1 Å². The molecule has 18 heavy (non-hydrogen) atoms. The topological polar surface area (TPSA) is 81.4 Å². The van der Waals surface area contributed by atoms with Crippen molar-refractivity contribution in [3.8, 4) is 0 Å². The second-order valence-electron chi connectivity index (χ2n) is 3.73. The zero-order valence-electron chi connectivity index (χ0n) is 10.6. The normalized spacial score (nSPS) is 11.9. The molecule has 0 aliphatic heterocycles. The molecule has 5 nitrogen and oxygen atoms in total. The monoisotopic (exact) mass is 270 g/mol. The van der Waals surface area contributed by atoms with Crippen LogP contribution in [0.1, 0.15) is 17.3 Å². The Labute approximate surface area is 109 Å². The van der Waals surface area contributed by atoms with Crippen LogP contribution in [0.3, 0.4) is 0 Å². The van der Waals surface area contributed by atoms with Crippen molar-refractivity contribution in [2.75, 3.05) is 36.2 Å². The van der Waals surface area contributed by atoms with E-state index < -0.39 is 16.8 Å². The quantitative estimate of drug-likeness (QED) is 0.600. The number of nitrogens with one attached hydrogen (secondary N) is 1. The number of ether oxygens (including phenoxy) is 1. The van der Waals surface area contributed by atoms with Crippen LogP contribution in [0.15, 0.2) is 18.2 Å². The fraction of sp³-hybridized carbons (Fsp3) is 0.417. The summed E-state index contributed by atoms with van der Waals surface area (Å²) >= 11 is 0. The van der Waals surface area contributed by atoms with Crippen LogP contribution in [0.2, 0.25) is 0 Å². The van der Waals surface area contributed by atoms with Gasteiger partial charge < -0.3 is 15.8 Å². The highest BCUT2D eigenvalue weighted by Crippen LogP contribution is 2.18. The highest BCUT2D eigenvalue weighted by atomic mass is 32.2. The summed E-state index contributed by atoms with van der Waals surface area (Å²) in [6.45, 7) is 2.63. The Morgan fingerprint density at radius 2 is 2.22 bits per heavy atom. The summed E-state index contributed by atoms with van der Waals surface area (Å²) < 4.78 is 15.8. The summed E-state index contributed by atoms with van der Waals surface area (Å²) in [5.41, 5.74) is 7.22. The van der Waals surface area contributed by atoms with E-state index in [-0.39, 0.29) is 0 Å². The molecule has 100 valence electrons. The summed E-state index contributed by atoms with van der Waals surface area (Å²) in [5.74, 6) is 0.122. The standard InChI is InChI=1S/C12H18N2O3S/c1-3-17-12(15)10-8-9(4-5-11(10)13)14-6-7-18(2)16/h4-5,8,14H,3,6-7,13H2,1-2H3. The smallest absolute Gasteiger partial charge is 0.340 e. The van der Waals surface area contributed by atoms with Crippen molar-refractivity contribution < 1.29 is 13.7 Å². The van der Waals surface area contributed by atoms with Crippen LogP contribution in [0, 0.1) is 0 Å². The molecule has 0 saturated heterocycles. The summed E-state index contributed by atoms with van der Waals surface area (Å²) in [4.78, 5) is 11.6. The largest absolute Gasteiger partial charge is 0.462 e. The molecule has 1 rings (SSSR count). The molecule has 0 aliphatic carbocycles. The van der Waals surface area contributed by atoms with E-state index in [1.165, 1.54) is 0 Å². The van der Waals surface area contributed by atoms with Crippen molar-refractivity contribution in [3.05, 3.63) is 23.8 Å². The minimum absolute atomic E-state index is 0.310. The lowest BCUT2D eigenvalue weighted by atomic mass is 10.1. The van der Waals surface area contributed by atoms with Gasteiger partial charge in [-0.25, -0.2) is 4.79 Å². The number of hydrogen-bond donors (Lipinski definition) is 2. The van der Waals surface area contributed by atoms with E-state index in [1.807, 2.05) is 0 Å². The summed E-state index contributed by atoms with van der Waals surface area (Å²) in [7, 11) is -0.840. The second-order valence-corrected chi connectivity index (χ2v) is 5.28. The van der Waals surface area contributed by atoms with Crippen molar-refractivity contribution in [1.82, 2.24) is 0 Å². The van der Waals surface area contributed by atoms with Gasteiger partial charge in [0.05, 0.1) is 12.2 Å². The summed E-state index contributed by atoms with van der Waals surface area (Å²) in [6, 6.07) is 5.07. The van der Waals surface area contributed by atoms with Crippen LogP contribution >= 0.6 is 0 Å². The van der Waals surface area contributed by atoms with Crippen LogP contribution in [-0.2, 0) is 15.5 Å². The number of carbonyl (C=O) groups is 1. The molecule has 1 aromatic rings. The third-order valence-electron chi connectivity index (χ3n) is 2.27. The lowest BCUT2D eigenvalue weighted by molar-refractivity contribution is 0.0527. The van der Waals surface area contributed by atoms with Gasteiger partial charge in [0.2, 0.25) is 0 Å². The minimum Gasteiger partial charge on any atom is -0.462 e. The first-order valence-corrected chi connectivity index (χ1v) is 7.38. The van der Waals surface area contributed by atoms with Gasteiger partial charge in [0, 0.05) is 40.7 Å². The summed E-state index contributed by atoms with van der Waals surface area (Å²) in [5, 5.41) is 3.08. The van der Waals surface area contributed by atoms with Gasteiger partial charge >= 0.3 is 5.97 Å². The maximum absolute atomic E-state index is 11.6. The molecular weight excluding hydrogens is 252 g/mol. The first-order valence-electron chi connectivity index (χ1n) is 5.65. The van der Waals surface area contributed by atoms with Crippen LogP contribution < -0.4 is 11.1 Å². The molecular formula is C12H18N2O3S. The molecule has 0 aromatic heterocycles. The molecule has 0 saturated carbocycles. The number of nitrogen functional groups attached to an aromatic ring is 1. The van der Waals surface area contributed by atoms with Gasteiger partial charge in [-0.3, -0.25) is 4.21 Å². The Bertz CT molecular complexity index is 449. The molecule has 0 radical (unpaired) electrons. The number of anilines is 2. The van der Waals surface area contributed by atoms with E-state index in [0.29, 0.717) is 30.2 Å². The van der Waals surface area contributed by atoms with Crippen molar-refractivity contribution in [1.29, 1.82) is 0 Å². The van der Waals surface area contributed by atoms with Crippen LogP contribution in [0.4, 0.5) is 11.4 Å². The predicted molar refractivity (Wildman–Crippen MR) is 74.2 cm³/mol. The second kappa shape index (κ2) is 7.00. The highest BCUT2D eigenvalue weighted by molar-refractivity contribution is 7.84. The Kier molecular flexibility index (Phi) is 5.64. The average molecular weight is 270 g/mol. The van der Waals surface area contributed by atoms with E-state index in [2.05, 4.69) is 5.32 Å². The number of benzene rings is 1. The maximum Gasteiger partial charge on any atom is 0.340 e. The molecule has 0 bridgehead atoms. The first kappa shape index (κ1) is 14.5. The van der Waals surface area contributed by atoms with Crippen LogP contribution in [0.5, 0.6) is 0 Å². The molecule has 0 fully saturated rings. The van der Waals surface area contributed by atoms with Crippen molar-refractivity contribution in [2.45, 2.75) is 6.92 Å². The first-order chi connectivity index (χ1) is 8.54. The van der Waals surface area contributed by atoms with E-state index in [0.717, 1.165) is 5.69 Å². The molecule has 0 amide bonds. The number of carbonyl (C=O) groups excluding carboxylic acids is 1. The van der Waals surface area contributed by atoms with Crippen molar-refractivity contribution in [2.24, 2.45) is 0 Å². The maximum atomic E-state index is 11.6. The van der Waals surface area contributed by atoms with E-state index in [4.69, 9.17) is 10.5 Å². The zero-order valence-corrected chi connectivity index (χ0v) is 11.4. The highest BCUT2D eigenvalue weighted by Gasteiger charge is 2.11. The molecule has 0 aliphatic rings. The van der Waals surface area contributed by atoms with E-state index in [1.54, 1.807) is 31.4 Å². The molecule has 0 spiro atoms. The number of rotatable bonds is 6. The third kappa shape index (κ3) is 4.37. The SMILES string of the molecule is CCOC(=O)c1cc(NCCS(C)=O)ccc1N. The van der Waals surface area contributed by atoms with Gasteiger partial charge in [0.1, 0.15) is 0 Å². The molecule has 0 heterocycles. The Morgan fingerprint density at radius 1 is 1.50 bits per heavy atom. The van der Waals surface area contributed by atoms with Crippen LogP contribution in [-0.4, -0.2) is 35.3 Å². The van der Waals surface area contributed by atoms with Crippen molar-refractivity contribution in [3.63, 3.8) is 0 Å². The Hall–Kier alpha value is -1.56. The summed E-state index contributed by atoms with van der Waals surface area (Å²) in [6.07, 6.45) is 1.65. The predicted octanol–water partition coefficient (Wildman–Crippen LogP) is 1.24. The van der Waals surface area contributed by atoms with Gasteiger partial charge in [0.15, 0.2) is 0 Å². The fourth-order valence-electron chi connectivity index (χ4n) is 1.39. The zero-order chi connectivity index (χ0) is 13.5. The molecule has 6 heteroatoms. The van der Waals surface area contributed by atoms with E-state index >= 15 is 0 Å².